The van der Waals surface area contributed by atoms with Crippen LogP contribution in [-0.4, -0.2) is 0 Å². The second-order valence-electron chi connectivity index (χ2n) is 18.8. The van der Waals surface area contributed by atoms with E-state index in [0.29, 0.717) is 0 Å². The Morgan fingerprint density at radius 3 is 1.32 bits per heavy atom. The number of nitrogens with zero attached hydrogens (tertiary/aromatic N) is 1. The van der Waals surface area contributed by atoms with Gasteiger partial charge in [-0.15, -0.1) is 0 Å². The summed E-state index contributed by atoms with van der Waals surface area (Å²) in [6.45, 7) is 4.74. The molecule has 0 aliphatic heterocycles. The lowest BCUT2D eigenvalue weighted by molar-refractivity contribution is 0.660. The first kappa shape index (κ1) is 37.2. The van der Waals surface area contributed by atoms with E-state index in [1.54, 1.807) is 0 Å². The fourth-order valence-electron chi connectivity index (χ4n) is 12.1. The van der Waals surface area contributed by atoms with Crippen molar-refractivity contribution in [1.29, 1.82) is 0 Å². The zero-order chi connectivity index (χ0) is 43.7. The van der Waals surface area contributed by atoms with Gasteiger partial charge in [0.05, 0.1) is 5.41 Å². The molecule has 14 rings (SSSR count). The Bertz CT molecular complexity index is 3730. The number of anilines is 3. The molecule has 310 valence electrons. The van der Waals surface area contributed by atoms with Gasteiger partial charge in [-0.05, 0) is 144 Å². The minimum absolute atomic E-state index is 0.136. The fourth-order valence-corrected chi connectivity index (χ4v) is 12.1. The highest BCUT2D eigenvalue weighted by molar-refractivity contribution is 6.06. The predicted octanol–water partition coefficient (Wildman–Crippen LogP) is 17.0. The van der Waals surface area contributed by atoms with E-state index in [4.69, 9.17) is 4.42 Å². The minimum atomic E-state index is -0.434. The highest BCUT2D eigenvalue weighted by Crippen LogP contribution is 2.63. The van der Waals surface area contributed by atoms with E-state index in [-0.39, 0.29) is 5.41 Å². The van der Waals surface area contributed by atoms with Crippen LogP contribution in [0.3, 0.4) is 0 Å². The lowest BCUT2D eigenvalue weighted by atomic mass is 9.70. The third-order valence-electron chi connectivity index (χ3n) is 15.1. The van der Waals surface area contributed by atoms with Crippen LogP contribution in [0, 0.1) is 0 Å². The smallest absolute Gasteiger partial charge is 0.135 e. The maximum Gasteiger partial charge on any atom is 0.135 e. The first-order valence-corrected chi connectivity index (χ1v) is 23.1. The van der Waals surface area contributed by atoms with E-state index in [9.17, 15) is 0 Å². The van der Waals surface area contributed by atoms with Crippen molar-refractivity contribution in [3.05, 3.63) is 258 Å². The standard InChI is InChI=1S/C64H43NO/c1-63(2)55-18-8-3-13-47(55)51-34-32-45(38-59(51)63)65(44-30-27-41(28-31-44)40-23-25-42(26-24-40)43-29-36-62-54(37-43)53-17-7-12-22-61(53)66-62)46-33-35-52-50-16-6-11-21-58(50)64(60(52)39-46)56-19-9-4-14-48(56)49-15-5-10-20-57(49)64/h3-39H,1-2H3. The monoisotopic (exact) mass is 841 g/mol. The second kappa shape index (κ2) is 13.7. The van der Waals surface area contributed by atoms with E-state index in [0.717, 1.165) is 39.0 Å². The van der Waals surface area contributed by atoms with Crippen molar-refractivity contribution >= 4 is 39.0 Å². The van der Waals surface area contributed by atoms with Crippen LogP contribution < -0.4 is 4.90 Å². The number of para-hydroxylation sites is 1. The van der Waals surface area contributed by atoms with Crippen LogP contribution in [0.5, 0.6) is 0 Å². The molecular weight excluding hydrogens is 799 g/mol. The summed E-state index contributed by atoms with van der Waals surface area (Å²) in [5.41, 5.74) is 25.4. The predicted molar refractivity (Wildman–Crippen MR) is 273 cm³/mol. The maximum atomic E-state index is 6.12. The molecule has 3 aliphatic rings. The Kier molecular flexibility index (Phi) is 7.70. The zero-order valence-corrected chi connectivity index (χ0v) is 36.7. The summed E-state index contributed by atoms with van der Waals surface area (Å²) in [5, 5.41) is 2.29. The molecule has 0 fully saturated rings. The molecule has 10 aromatic carbocycles. The molecule has 1 aromatic heterocycles. The van der Waals surface area contributed by atoms with Crippen LogP contribution in [0.25, 0.3) is 77.6 Å². The van der Waals surface area contributed by atoms with Crippen molar-refractivity contribution in [1.82, 2.24) is 0 Å². The van der Waals surface area contributed by atoms with Crippen LogP contribution >= 0.6 is 0 Å². The first-order chi connectivity index (χ1) is 32.5. The quantitative estimate of drug-likeness (QED) is 0.172. The van der Waals surface area contributed by atoms with E-state index in [1.807, 2.05) is 12.1 Å². The molecule has 0 saturated carbocycles. The molecule has 11 aromatic rings. The summed E-state index contributed by atoms with van der Waals surface area (Å²) >= 11 is 0. The summed E-state index contributed by atoms with van der Waals surface area (Å²) in [5.74, 6) is 0. The molecule has 0 atom stereocenters. The van der Waals surface area contributed by atoms with Gasteiger partial charge in [0.25, 0.3) is 0 Å². The van der Waals surface area contributed by atoms with Gasteiger partial charge in [-0.3, -0.25) is 0 Å². The van der Waals surface area contributed by atoms with Crippen LogP contribution in [-0.2, 0) is 10.8 Å². The first-order valence-electron chi connectivity index (χ1n) is 23.1. The van der Waals surface area contributed by atoms with Crippen molar-refractivity contribution in [2.45, 2.75) is 24.7 Å². The van der Waals surface area contributed by atoms with Gasteiger partial charge in [0.1, 0.15) is 11.2 Å². The number of fused-ring (bicyclic) bond motifs is 16. The van der Waals surface area contributed by atoms with Gasteiger partial charge in [0, 0.05) is 33.2 Å². The van der Waals surface area contributed by atoms with Gasteiger partial charge in [0.15, 0.2) is 0 Å². The normalized spacial score (nSPS) is 14.2. The Labute approximate surface area is 384 Å². The second-order valence-corrected chi connectivity index (χ2v) is 18.8. The highest BCUT2D eigenvalue weighted by Gasteiger charge is 2.51. The summed E-state index contributed by atoms with van der Waals surface area (Å²) in [6, 6.07) is 83.3. The zero-order valence-electron chi connectivity index (χ0n) is 36.7. The molecule has 66 heavy (non-hydrogen) atoms. The van der Waals surface area contributed by atoms with Crippen molar-refractivity contribution in [3.63, 3.8) is 0 Å². The van der Waals surface area contributed by atoms with E-state index < -0.39 is 5.41 Å². The van der Waals surface area contributed by atoms with Gasteiger partial charge in [-0.25, -0.2) is 0 Å². The Morgan fingerprint density at radius 1 is 0.303 bits per heavy atom. The molecule has 0 N–H and O–H groups in total. The van der Waals surface area contributed by atoms with Crippen molar-refractivity contribution in [3.8, 4) is 55.6 Å². The third-order valence-corrected chi connectivity index (χ3v) is 15.1. The number of hydrogen-bond donors (Lipinski definition) is 0. The van der Waals surface area contributed by atoms with Crippen molar-refractivity contribution < 1.29 is 4.42 Å². The average Bonchev–Trinajstić information content (AvgIpc) is 4.06. The highest BCUT2D eigenvalue weighted by atomic mass is 16.3. The SMILES string of the molecule is CC1(C)c2ccccc2-c2ccc(N(c3ccc(-c4ccc(-c5ccc6oc7ccccc7c6c5)cc4)cc3)c3ccc4c(c3)C3(c5ccccc5-c5ccccc53)c3ccccc3-4)cc21. The summed E-state index contributed by atoms with van der Waals surface area (Å²) in [6.07, 6.45) is 0. The van der Waals surface area contributed by atoms with Crippen molar-refractivity contribution in [2.24, 2.45) is 0 Å². The maximum absolute atomic E-state index is 6.12. The fraction of sp³-hybridized carbons (Fsp3) is 0.0625. The average molecular weight is 842 g/mol. The summed E-state index contributed by atoms with van der Waals surface area (Å²) < 4.78 is 6.12. The molecule has 0 amide bonds. The van der Waals surface area contributed by atoms with Crippen LogP contribution in [0.4, 0.5) is 17.1 Å². The summed E-state index contributed by atoms with van der Waals surface area (Å²) in [4.78, 5) is 2.48. The molecule has 0 radical (unpaired) electrons. The van der Waals surface area contributed by atoms with Gasteiger partial charge in [0.2, 0.25) is 0 Å². The van der Waals surface area contributed by atoms with Crippen LogP contribution in [0.15, 0.2) is 229 Å². The summed E-state index contributed by atoms with van der Waals surface area (Å²) in [7, 11) is 0. The van der Waals surface area contributed by atoms with Crippen LogP contribution in [0.2, 0.25) is 0 Å². The van der Waals surface area contributed by atoms with E-state index in [2.05, 4.69) is 231 Å². The molecule has 0 bridgehead atoms. The molecule has 3 aliphatic carbocycles. The molecule has 1 spiro atoms. The Hall–Kier alpha value is -8.20. The molecule has 0 saturated heterocycles. The lowest BCUT2D eigenvalue weighted by Gasteiger charge is -2.32. The van der Waals surface area contributed by atoms with E-state index in [1.165, 1.54) is 89.0 Å². The number of hydrogen-bond acceptors (Lipinski definition) is 2. The topological polar surface area (TPSA) is 16.4 Å². The third kappa shape index (κ3) is 5.07. The Morgan fingerprint density at radius 2 is 0.712 bits per heavy atom. The molecule has 2 nitrogen and oxygen atoms in total. The van der Waals surface area contributed by atoms with Gasteiger partial charge >= 0.3 is 0 Å². The molecular formula is C64H43NO. The van der Waals surface area contributed by atoms with E-state index >= 15 is 0 Å². The largest absolute Gasteiger partial charge is 0.456 e. The number of rotatable bonds is 5. The van der Waals surface area contributed by atoms with Gasteiger partial charge in [-0.1, -0.05) is 184 Å². The van der Waals surface area contributed by atoms with Gasteiger partial charge in [-0.2, -0.15) is 0 Å². The minimum Gasteiger partial charge on any atom is -0.456 e. The Balaban J connectivity index is 0.904. The molecule has 2 heteroatoms. The van der Waals surface area contributed by atoms with Gasteiger partial charge < -0.3 is 9.32 Å². The number of benzene rings is 10. The number of furan rings is 1. The van der Waals surface area contributed by atoms with Crippen LogP contribution in [0.1, 0.15) is 47.2 Å². The van der Waals surface area contributed by atoms with Crippen molar-refractivity contribution in [2.75, 3.05) is 4.90 Å². The molecule has 0 unspecified atom stereocenters. The molecule has 1 heterocycles. The lowest BCUT2D eigenvalue weighted by Crippen LogP contribution is -2.26.